The number of benzene rings is 1. The summed E-state index contributed by atoms with van der Waals surface area (Å²) >= 11 is 1.74. The Bertz CT molecular complexity index is 658. The van der Waals surface area contributed by atoms with E-state index >= 15 is 0 Å². The fourth-order valence-electron chi connectivity index (χ4n) is 3.25. The van der Waals surface area contributed by atoms with Crippen molar-refractivity contribution in [3.05, 3.63) is 39.9 Å². The van der Waals surface area contributed by atoms with E-state index in [4.69, 9.17) is 0 Å². The highest BCUT2D eigenvalue weighted by Gasteiger charge is 2.44. The molecule has 1 aliphatic rings. The second-order valence-electron chi connectivity index (χ2n) is 6.72. The molecule has 0 heterocycles. The Labute approximate surface area is 156 Å². The van der Waals surface area contributed by atoms with Crippen LogP contribution in [0, 0.1) is 15.5 Å². The number of hydrogen-bond acceptors (Lipinski definition) is 5. The number of carbonyl (C=O) groups is 2. The largest absolute Gasteiger partial charge is 0.480 e. The number of non-ortho nitro benzene ring substituents is 1. The number of hydrogen-bond donors (Lipinski definition) is 2. The molecular formula is C18H24N2O5S. The van der Waals surface area contributed by atoms with Gasteiger partial charge in [-0.3, -0.25) is 14.9 Å². The normalized spacial score (nSPS) is 16.3. The molecule has 1 fully saturated rings. The van der Waals surface area contributed by atoms with Crippen molar-refractivity contribution < 1.29 is 19.6 Å². The molecule has 1 aromatic carbocycles. The quantitative estimate of drug-likeness (QED) is 0.367. The van der Waals surface area contributed by atoms with Crippen molar-refractivity contribution >= 4 is 29.3 Å². The molecule has 0 saturated heterocycles. The van der Waals surface area contributed by atoms with Gasteiger partial charge in [-0.15, -0.1) is 0 Å². The Morgan fingerprint density at radius 3 is 2.46 bits per heavy atom. The Balaban J connectivity index is 2.01. The topological polar surface area (TPSA) is 110 Å². The van der Waals surface area contributed by atoms with Gasteiger partial charge in [0.05, 0.1) is 4.92 Å². The van der Waals surface area contributed by atoms with Crippen LogP contribution >= 0.6 is 11.8 Å². The van der Waals surface area contributed by atoms with Crippen molar-refractivity contribution in [2.75, 3.05) is 12.0 Å². The number of amides is 1. The Morgan fingerprint density at radius 1 is 1.35 bits per heavy atom. The minimum Gasteiger partial charge on any atom is -0.480 e. The first kappa shape index (κ1) is 20.2. The van der Waals surface area contributed by atoms with Gasteiger partial charge >= 0.3 is 5.97 Å². The molecule has 2 rings (SSSR count). The molecule has 26 heavy (non-hydrogen) atoms. The van der Waals surface area contributed by atoms with E-state index in [1.807, 2.05) is 6.26 Å². The summed E-state index contributed by atoms with van der Waals surface area (Å²) in [6.07, 6.45) is 6.44. The van der Waals surface area contributed by atoms with Gasteiger partial charge < -0.3 is 10.4 Å². The summed E-state index contributed by atoms with van der Waals surface area (Å²) in [5.74, 6) is -0.297. The molecule has 8 heteroatoms. The fourth-order valence-corrected chi connectivity index (χ4v) is 3.68. The molecule has 1 aromatic rings. The maximum Gasteiger partial charge on any atom is 0.326 e. The minimum absolute atomic E-state index is 0.0492. The number of nitro groups is 1. The average Bonchev–Trinajstić information content (AvgIpc) is 2.57. The van der Waals surface area contributed by atoms with Crippen LogP contribution in [-0.4, -0.2) is 40.0 Å². The highest BCUT2D eigenvalue weighted by atomic mass is 32.2. The standard InChI is InChI=1S/C18H24N2O5S/c1-26-11-3-10-18(8-2-9-18)17(23)19-15(16(21)22)12-13-4-6-14(7-5-13)20(24)25/h4-7,15H,2-3,8-12H2,1H3,(H,19,23)(H,21,22). The Morgan fingerprint density at radius 2 is 2.00 bits per heavy atom. The highest BCUT2D eigenvalue weighted by Crippen LogP contribution is 2.45. The van der Waals surface area contributed by atoms with E-state index in [1.165, 1.54) is 24.3 Å². The van der Waals surface area contributed by atoms with Gasteiger partial charge in [-0.1, -0.05) is 18.6 Å². The van der Waals surface area contributed by atoms with Crippen LogP contribution < -0.4 is 5.32 Å². The second kappa shape index (κ2) is 9.02. The number of nitrogens with zero attached hydrogens (tertiary/aromatic N) is 1. The van der Waals surface area contributed by atoms with Gasteiger partial charge in [0.2, 0.25) is 5.91 Å². The van der Waals surface area contributed by atoms with E-state index < -0.39 is 22.3 Å². The third-order valence-corrected chi connectivity index (χ3v) is 5.68. The summed E-state index contributed by atoms with van der Waals surface area (Å²) in [5.41, 5.74) is 0.152. The molecule has 0 bridgehead atoms. The van der Waals surface area contributed by atoms with E-state index in [0.717, 1.165) is 37.9 Å². The van der Waals surface area contributed by atoms with Gasteiger partial charge in [-0.25, -0.2) is 4.79 Å². The summed E-state index contributed by atoms with van der Waals surface area (Å²) in [5, 5.41) is 22.9. The summed E-state index contributed by atoms with van der Waals surface area (Å²) < 4.78 is 0. The Kier molecular flexibility index (Phi) is 7.02. The molecule has 1 amide bonds. The number of carboxylic acids is 1. The average molecular weight is 380 g/mol. The molecule has 1 atom stereocenters. The van der Waals surface area contributed by atoms with Crippen molar-refractivity contribution in [3.63, 3.8) is 0 Å². The third-order valence-electron chi connectivity index (χ3n) is 4.99. The molecule has 0 aromatic heterocycles. The summed E-state index contributed by atoms with van der Waals surface area (Å²) in [4.78, 5) is 34.5. The number of nitro benzene ring substituents is 1. The second-order valence-corrected chi connectivity index (χ2v) is 7.71. The highest BCUT2D eigenvalue weighted by molar-refractivity contribution is 7.98. The van der Waals surface area contributed by atoms with Crippen LogP contribution in [0.5, 0.6) is 0 Å². The van der Waals surface area contributed by atoms with Gasteiger partial charge in [-0.2, -0.15) is 11.8 Å². The number of carboxylic acid groups (broad SMARTS) is 1. The van der Waals surface area contributed by atoms with Gasteiger partial charge in [0.15, 0.2) is 0 Å². The van der Waals surface area contributed by atoms with E-state index in [1.54, 1.807) is 11.8 Å². The molecule has 0 spiro atoms. The number of nitrogens with one attached hydrogen (secondary N) is 1. The molecule has 0 aliphatic heterocycles. The summed E-state index contributed by atoms with van der Waals surface area (Å²) in [6.45, 7) is 0. The van der Waals surface area contributed by atoms with Crippen LogP contribution in [0.1, 0.15) is 37.7 Å². The van der Waals surface area contributed by atoms with E-state index in [-0.39, 0.29) is 18.0 Å². The molecule has 1 unspecified atom stereocenters. The van der Waals surface area contributed by atoms with Gasteiger partial charge in [-0.05, 0) is 43.3 Å². The van der Waals surface area contributed by atoms with Gasteiger partial charge in [0.25, 0.3) is 5.69 Å². The van der Waals surface area contributed by atoms with Crippen molar-refractivity contribution in [1.82, 2.24) is 5.32 Å². The molecular weight excluding hydrogens is 356 g/mol. The van der Waals surface area contributed by atoms with Crippen molar-refractivity contribution in [2.45, 2.75) is 44.6 Å². The monoisotopic (exact) mass is 380 g/mol. The zero-order valence-electron chi connectivity index (χ0n) is 14.8. The molecule has 2 N–H and O–H groups in total. The number of rotatable bonds is 10. The van der Waals surface area contributed by atoms with Crippen LogP contribution in [0.2, 0.25) is 0 Å². The summed E-state index contributed by atoms with van der Waals surface area (Å²) in [7, 11) is 0. The summed E-state index contributed by atoms with van der Waals surface area (Å²) in [6, 6.07) is 4.69. The van der Waals surface area contributed by atoms with Crippen molar-refractivity contribution in [2.24, 2.45) is 5.41 Å². The van der Waals surface area contributed by atoms with Crippen LogP contribution in [-0.2, 0) is 16.0 Å². The van der Waals surface area contributed by atoms with Crippen LogP contribution in [0.3, 0.4) is 0 Å². The SMILES string of the molecule is CSCCCC1(C(=O)NC(Cc2ccc([N+](=O)[O-])cc2)C(=O)O)CCC1. The van der Waals surface area contributed by atoms with Crippen LogP contribution in [0.25, 0.3) is 0 Å². The van der Waals surface area contributed by atoms with Crippen molar-refractivity contribution in [3.8, 4) is 0 Å². The van der Waals surface area contributed by atoms with Crippen LogP contribution in [0.15, 0.2) is 24.3 Å². The third kappa shape index (κ3) is 4.97. The number of aliphatic carboxylic acids is 1. The first-order valence-electron chi connectivity index (χ1n) is 8.64. The minimum atomic E-state index is -1.10. The molecule has 7 nitrogen and oxygen atoms in total. The van der Waals surface area contributed by atoms with Gasteiger partial charge in [0, 0.05) is 24.0 Å². The lowest BCUT2D eigenvalue weighted by Crippen LogP contribution is -2.52. The first-order chi connectivity index (χ1) is 12.4. The number of thioether (sulfide) groups is 1. The predicted octanol–water partition coefficient (Wildman–Crippen LogP) is 3.02. The predicted molar refractivity (Wildman–Crippen MR) is 100 cm³/mol. The number of carbonyl (C=O) groups excluding carboxylic acids is 1. The molecule has 142 valence electrons. The Hall–Kier alpha value is -2.09. The van der Waals surface area contributed by atoms with E-state index in [2.05, 4.69) is 5.32 Å². The zero-order valence-corrected chi connectivity index (χ0v) is 15.6. The van der Waals surface area contributed by atoms with E-state index in [0.29, 0.717) is 5.56 Å². The lowest BCUT2D eigenvalue weighted by atomic mass is 9.65. The lowest BCUT2D eigenvalue weighted by Gasteiger charge is -2.41. The fraction of sp³-hybridized carbons (Fsp3) is 0.556. The first-order valence-corrected chi connectivity index (χ1v) is 10.0. The molecule has 1 saturated carbocycles. The molecule has 0 radical (unpaired) electrons. The maximum atomic E-state index is 12.7. The lowest BCUT2D eigenvalue weighted by molar-refractivity contribution is -0.384. The van der Waals surface area contributed by atoms with Gasteiger partial charge in [0.1, 0.15) is 6.04 Å². The zero-order chi connectivity index (χ0) is 19.2. The van der Waals surface area contributed by atoms with Crippen molar-refractivity contribution in [1.29, 1.82) is 0 Å². The van der Waals surface area contributed by atoms with E-state index in [9.17, 15) is 24.8 Å². The maximum absolute atomic E-state index is 12.7. The smallest absolute Gasteiger partial charge is 0.326 e. The van der Waals surface area contributed by atoms with Crippen LogP contribution in [0.4, 0.5) is 5.69 Å². The molecule has 1 aliphatic carbocycles.